The molecule has 3 N–H and O–H groups in total. The molecule has 18 heavy (non-hydrogen) atoms. The van der Waals surface area contributed by atoms with Gasteiger partial charge in [-0.2, -0.15) is 0 Å². The van der Waals surface area contributed by atoms with Crippen LogP contribution in [0.15, 0.2) is 24.3 Å². The summed E-state index contributed by atoms with van der Waals surface area (Å²) in [5.41, 5.74) is 7.67. The highest BCUT2D eigenvalue weighted by Gasteiger charge is 2.08. The van der Waals surface area contributed by atoms with E-state index in [1.54, 1.807) is 7.05 Å². The van der Waals surface area contributed by atoms with Crippen molar-refractivity contribution in [3.63, 3.8) is 0 Å². The van der Waals surface area contributed by atoms with E-state index >= 15 is 0 Å². The van der Waals surface area contributed by atoms with Crippen LogP contribution in [0.25, 0.3) is 0 Å². The van der Waals surface area contributed by atoms with E-state index in [1.165, 1.54) is 0 Å². The first-order chi connectivity index (χ1) is 8.54. The van der Waals surface area contributed by atoms with E-state index in [4.69, 9.17) is 18.0 Å². The fourth-order valence-electron chi connectivity index (χ4n) is 1.69. The van der Waals surface area contributed by atoms with E-state index in [-0.39, 0.29) is 5.91 Å². The van der Waals surface area contributed by atoms with Gasteiger partial charge in [0.05, 0.1) is 0 Å². The Kier molecular flexibility index (Phi) is 5.74. The number of hydrogen-bond acceptors (Lipinski definition) is 3. The van der Waals surface area contributed by atoms with Crippen molar-refractivity contribution in [2.45, 2.75) is 13.0 Å². The van der Waals surface area contributed by atoms with Crippen LogP contribution in [0.5, 0.6) is 0 Å². The number of nitrogens with zero attached hydrogens (tertiary/aromatic N) is 1. The molecule has 0 unspecified atom stereocenters. The lowest BCUT2D eigenvalue weighted by molar-refractivity contribution is -0.120. The number of benzene rings is 1. The van der Waals surface area contributed by atoms with E-state index in [0.29, 0.717) is 18.0 Å². The molecule has 0 aliphatic carbocycles. The van der Waals surface area contributed by atoms with Gasteiger partial charge in [-0.3, -0.25) is 4.79 Å². The molecule has 0 aliphatic rings. The van der Waals surface area contributed by atoms with Crippen molar-refractivity contribution >= 4 is 23.1 Å². The molecule has 0 fully saturated rings. The van der Waals surface area contributed by atoms with Crippen molar-refractivity contribution in [2.75, 3.05) is 20.6 Å². The second-order valence-electron chi connectivity index (χ2n) is 4.18. The minimum atomic E-state index is 0.0458. The third-order valence-corrected chi connectivity index (χ3v) is 2.94. The first kappa shape index (κ1) is 14.6. The van der Waals surface area contributed by atoms with Crippen molar-refractivity contribution < 1.29 is 4.79 Å². The van der Waals surface area contributed by atoms with Crippen LogP contribution < -0.4 is 11.1 Å². The van der Waals surface area contributed by atoms with E-state index in [9.17, 15) is 4.79 Å². The average Bonchev–Trinajstić information content (AvgIpc) is 2.36. The van der Waals surface area contributed by atoms with Gasteiger partial charge >= 0.3 is 0 Å². The summed E-state index contributed by atoms with van der Waals surface area (Å²) in [4.78, 5) is 13.6. The molecule has 0 heterocycles. The zero-order valence-electron chi connectivity index (χ0n) is 10.8. The number of carbonyl (C=O) groups excluding carboxylic acids is 1. The number of nitrogens with two attached hydrogens (primary N) is 1. The molecule has 0 aliphatic heterocycles. The maximum absolute atomic E-state index is 11.2. The molecule has 98 valence electrons. The van der Waals surface area contributed by atoms with Crippen molar-refractivity contribution in [3.05, 3.63) is 35.4 Å². The van der Waals surface area contributed by atoms with Crippen LogP contribution in [0.2, 0.25) is 0 Å². The van der Waals surface area contributed by atoms with E-state index in [1.807, 2.05) is 31.3 Å². The Morgan fingerprint density at radius 3 is 2.72 bits per heavy atom. The number of carbonyl (C=O) groups is 1. The molecule has 0 spiro atoms. The monoisotopic (exact) mass is 265 g/mol. The summed E-state index contributed by atoms with van der Waals surface area (Å²) in [7, 11) is 3.61. The standard InChI is InChI=1S/C13H19N3OS/c1-15-12(17)7-8-16(2)9-10-5-3-4-6-11(10)13(14)18/h3-6H,7-9H2,1-2H3,(H2,14,18)(H,15,17). The van der Waals surface area contributed by atoms with Crippen LogP contribution in [0.3, 0.4) is 0 Å². The lowest BCUT2D eigenvalue weighted by atomic mass is 10.1. The predicted molar refractivity (Wildman–Crippen MR) is 77.3 cm³/mol. The van der Waals surface area contributed by atoms with E-state index in [0.717, 1.165) is 17.7 Å². The molecule has 0 radical (unpaired) electrons. The van der Waals surface area contributed by atoms with Gasteiger partial charge in [-0.25, -0.2) is 0 Å². The Labute approximate surface area is 113 Å². The van der Waals surface area contributed by atoms with Gasteiger partial charge in [0.25, 0.3) is 0 Å². The lowest BCUT2D eigenvalue weighted by Crippen LogP contribution is -2.27. The molecule has 0 saturated carbocycles. The maximum atomic E-state index is 11.2. The normalized spacial score (nSPS) is 10.4. The van der Waals surface area contributed by atoms with E-state index < -0.39 is 0 Å². The predicted octanol–water partition coefficient (Wildman–Crippen LogP) is 0.889. The Hall–Kier alpha value is -1.46. The van der Waals surface area contributed by atoms with Crippen LogP contribution in [0.1, 0.15) is 17.5 Å². The minimum absolute atomic E-state index is 0.0458. The summed E-state index contributed by atoms with van der Waals surface area (Å²) in [6.07, 6.45) is 0.488. The van der Waals surface area contributed by atoms with Crippen LogP contribution in [-0.2, 0) is 11.3 Å². The molecular formula is C13H19N3OS. The van der Waals surface area contributed by atoms with Gasteiger partial charge < -0.3 is 16.0 Å². The molecule has 4 nitrogen and oxygen atoms in total. The minimum Gasteiger partial charge on any atom is -0.389 e. The topological polar surface area (TPSA) is 58.4 Å². The van der Waals surface area contributed by atoms with Gasteiger partial charge in [0, 0.05) is 32.1 Å². The Bertz CT molecular complexity index is 434. The Morgan fingerprint density at radius 1 is 1.44 bits per heavy atom. The SMILES string of the molecule is CNC(=O)CCN(C)Cc1ccccc1C(N)=S. The van der Waals surface area contributed by atoms with Gasteiger partial charge in [-0.1, -0.05) is 36.5 Å². The van der Waals surface area contributed by atoms with Gasteiger partial charge in [0.2, 0.25) is 5.91 Å². The van der Waals surface area contributed by atoms with Crippen LogP contribution >= 0.6 is 12.2 Å². The summed E-state index contributed by atoms with van der Waals surface area (Å²) >= 11 is 5.02. The quantitative estimate of drug-likeness (QED) is 0.750. The molecule has 0 atom stereocenters. The van der Waals surface area contributed by atoms with E-state index in [2.05, 4.69) is 10.2 Å². The first-order valence-corrected chi connectivity index (χ1v) is 6.22. The lowest BCUT2D eigenvalue weighted by Gasteiger charge is -2.18. The average molecular weight is 265 g/mol. The van der Waals surface area contributed by atoms with Crippen LogP contribution in [-0.4, -0.2) is 36.4 Å². The summed E-state index contributed by atoms with van der Waals surface area (Å²) in [6, 6.07) is 7.81. The summed E-state index contributed by atoms with van der Waals surface area (Å²) in [5, 5.41) is 2.61. The number of hydrogen-bond donors (Lipinski definition) is 2. The van der Waals surface area contributed by atoms with Gasteiger partial charge in [0.1, 0.15) is 4.99 Å². The van der Waals surface area contributed by atoms with Gasteiger partial charge in [-0.05, 0) is 12.6 Å². The Morgan fingerprint density at radius 2 is 2.11 bits per heavy atom. The van der Waals surface area contributed by atoms with Crippen molar-refractivity contribution in [1.29, 1.82) is 0 Å². The molecule has 1 amide bonds. The maximum Gasteiger partial charge on any atom is 0.221 e. The number of thiocarbonyl (C=S) groups is 1. The fraction of sp³-hybridized carbons (Fsp3) is 0.385. The molecule has 5 heteroatoms. The number of amides is 1. The molecule has 0 bridgehead atoms. The first-order valence-electron chi connectivity index (χ1n) is 5.81. The molecule has 1 aromatic rings. The zero-order valence-corrected chi connectivity index (χ0v) is 11.6. The van der Waals surface area contributed by atoms with Crippen molar-refractivity contribution in [1.82, 2.24) is 10.2 Å². The smallest absolute Gasteiger partial charge is 0.221 e. The van der Waals surface area contributed by atoms with Crippen LogP contribution in [0.4, 0.5) is 0 Å². The van der Waals surface area contributed by atoms with Gasteiger partial charge in [-0.15, -0.1) is 0 Å². The largest absolute Gasteiger partial charge is 0.389 e. The third-order valence-electron chi connectivity index (χ3n) is 2.72. The Balaban J connectivity index is 2.61. The number of rotatable bonds is 6. The fourth-order valence-corrected chi connectivity index (χ4v) is 1.88. The third kappa shape index (κ3) is 4.43. The molecule has 0 saturated heterocycles. The van der Waals surface area contributed by atoms with Crippen molar-refractivity contribution in [2.24, 2.45) is 5.73 Å². The molecule has 1 rings (SSSR count). The second-order valence-corrected chi connectivity index (χ2v) is 4.62. The highest BCUT2D eigenvalue weighted by atomic mass is 32.1. The molecular weight excluding hydrogens is 246 g/mol. The molecule has 0 aromatic heterocycles. The summed E-state index contributed by atoms with van der Waals surface area (Å²) in [5.74, 6) is 0.0458. The number of nitrogens with one attached hydrogen (secondary N) is 1. The van der Waals surface area contributed by atoms with Crippen LogP contribution in [0, 0.1) is 0 Å². The van der Waals surface area contributed by atoms with Crippen molar-refractivity contribution in [3.8, 4) is 0 Å². The summed E-state index contributed by atoms with van der Waals surface area (Å²) < 4.78 is 0. The highest BCUT2D eigenvalue weighted by molar-refractivity contribution is 7.80. The zero-order chi connectivity index (χ0) is 13.5. The summed E-state index contributed by atoms with van der Waals surface area (Å²) in [6.45, 7) is 1.43. The van der Waals surface area contributed by atoms with Gasteiger partial charge in [0.15, 0.2) is 0 Å². The second kappa shape index (κ2) is 7.08. The highest BCUT2D eigenvalue weighted by Crippen LogP contribution is 2.11. The molecule has 1 aromatic carbocycles.